The van der Waals surface area contributed by atoms with Crippen molar-refractivity contribution in [1.82, 2.24) is 15.1 Å². The number of aryl methyl sites for hydroxylation is 1. The molecule has 7 nitrogen and oxygen atoms in total. The van der Waals surface area contributed by atoms with Crippen molar-refractivity contribution in [3.05, 3.63) is 59.7 Å². The van der Waals surface area contributed by atoms with Crippen molar-refractivity contribution in [2.75, 3.05) is 32.8 Å². The van der Waals surface area contributed by atoms with Crippen LogP contribution in [0.4, 0.5) is 4.79 Å². The van der Waals surface area contributed by atoms with Crippen molar-refractivity contribution in [2.45, 2.75) is 31.4 Å². The molecule has 3 fully saturated rings. The average molecular weight is 421 g/mol. The number of piperidine rings is 1. The molecule has 1 N–H and O–H groups in total. The molecule has 162 valence electrons. The Hall–Kier alpha value is -3.06. The van der Waals surface area contributed by atoms with E-state index in [1.54, 1.807) is 0 Å². The van der Waals surface area contributed by atoms with Gasteiger partial charge >= 0.3 is 6.03 Å². The number of carbonyl (C=O) groups is 2. The van der Waals surface area contributed by atoms with Crippen molar-refractivity contribution in [2.24, 2.45) is 0 Å². The van der Waals surface area contributed by atoms with Gasteiger partial charge in [0.2, 0.25) is 5.91 Å². The number of para-hydroxylation sites is 1. The molecule has 2 aromatic rings. The van der Waals surface area contributed by atoms with E-state index in [-0.39, 0.29) is 30.7 Å². The zero-order valence-electron chi connectivity index (χ0n) is 17.6. The van der Waals surface area contributed by atoms with Gasteiger partial charge in [-0.1, -0.05) is 30.3 Å². The molecule has 3 amide bonds. The van der Waals surface area contributed by atoms with Crippen LogP contribution >= 0.6 is 0 Å². The fourth-order valence-corrected chi connectivity index (χ4v) is 4.53. The maximum absolute atomic E-state index is 12.9. The lowest BCUT2D eigenvalue weighted by Crippen LogP contribution is -2.63. The summed E-state index contributed by atoms with van der Waals surface area (Å²) in [6.07, 6.45) is 0.780. The highest BCUT2D eigenvalue weighted by atomic mass is 16.5. The lowest BCUT2D eigenvalue weighted by molar-refractivity contribution is -0.139. The van der Waals surface area contributed by atoms with Gasteiger partial charge in [-0.25, -0.2) is 4.79 Å². The average Bonchev–Trinajstić information content (AvgIpc) is 2.75. The maximum Gasteiger partial charge on any atom is 0.320 e. The molecule has 2 aromatic carbocycles. The second-order valence-electron chi connectivity index (χ2n) is 8.58. The summed E-state index contributed by atoms with van der Waals surface area (Å²) in [6.45, 7) is 4.76. The minimum absolute atomic E-state index is 0.0197. The summed E-state index contributed by atoms with van der Waals surface area (Å²) in [5, 5.41) is 2.95. The number of likely N-dealkylation sites (tertiary alicyclic amines) is 2. The summed E-state index contributed by atoms with van der Waals surface area (Å²) < 4.78 is 11.6. The number of benzene rings is 2. The van der Waals surface area contributed by atoms with E-state index in [1.165, 1.54) is 5.56 Å². The van der Waals surface area contributed by atoms with Crippen LogP contribution in [0.15, 0.2) is 48.5 Å². The second kappa shape index (κ2) is 8.23. The first kappa shape index (κ1) is 19.9. The summed E-state index contributed by atoms with van der Waals surface area (Å²) >= 11 is 0. The molecule has 0 aromatic heterocycles. The molecule has 0 bridgehead atoms. The lowest BCUT2D eigenvalue weighted by atomic mass is 9.91. The third-order valence-electron chi connectivity index (χ3n) is 6.42. The highest BCUT2D eigenvalue weighted by Gasteiger charge is 2.40. The Morgan fingerprint density at radius 3 is 2.61 bits per heavy atom. The zero-order chi connectivity index (χ0) is 21.4. The first-order chi connectivity index (χ1) is 15.1. The van der Waals surface area contributed by atoms with Crippen LogP contribution < -0.4 is 10.1 Å². The molecule has 0 unspecified atom stereocenters. The normalized spacial score (nSPS) is 23.6. The molecule has 3 aliphatic rings. The number of rotatable bonds is 3. The van der Waals surface area contributed by atoms with Crippen molar-refractivity contribution >= 4 is 11.9 Å². The molecule has 0 saturated carbocycles. The SMILES string of the molecule is Cc1ccccc1Oc1ccc(C2CN(C(=O)N3CC[C@@H]4OCC(=O)N[C@@H]4C3)C2)cc1. The van der Waals surface area contributed by atoms with Crippen LogP contribution in [0.1, 0.15) is 23.5 Å². The lowest BCUT2D eigenvalue weighted by Gasteiger charge is -2.46. The van der Waals surface area contributed by atoms with Crippen LogP contribution in [-0.2, 0) is 9.53 Å². The number of fused-ring (bicyclic) bond motifs is 1. The number of nitrogens with one attached hydrogen (secondary N) is 1. The molecule has 0 radical (unpaired) electrons. The largest absolute Gasteiger partial charge is 0.457 e. The second-order valence-corrected chi connectivity index (χ2v) is 8.58. The van der Waals surface area contributed by atoms with Gasteiger partial charge in [-0.15, -0.1) is 0 Å². The van der Waals surface area contributed by atoms with Gasteiger partial charge in [0.25, 0.3) is 0 Å². The fourth-order valence-electron chi connectivity index (χ4n) is 4.53. The predicted octanol–water partition coefficient (Wildman–Crippen LogP) is 2.90. The molecule has 31 heavy (non-hydrogen) atoms. The van der Waals surface area contributed by atoms with Gasteiger partial charge in [-0.3, -0.25) is 4.79 Å². The van der Waals surface area contributed by atoms with Gasteiger partial charge in [0.05, 0.1) is 12.1 Å². The van der Waals surface area contributed by atoms with E-state index in [2.05, 4.69) is 17.4 Å². The number of hydrogen-bond acceptors (Lipinski definition) is 4. The van der Waals surface area contributed by atoms with Crippen molar-refractivity contribution < 1.29 is 19.1 Å². The minimum Gasteiger partial charge on any atom is -0.457 e. The first-order valence-corrected chi connectivity index (χ1v) is 10.8. The quantitative estimate of drug-likeness (QED) is 0.827. The fraction of sp³-hybridized carbons (Fsp3) is 0.417. The number of nitrogens with zero attached hydrogens (tertiary/aromatic N) is 2. The van der Waals surface area contributed by atoms with Crippen molar-refractivity contribution in [1.29, 1.82) is 0 Å². The molecule has 2 atom stereocenters. The highest BCUT2D eigenvalue weighted by Crippen LogP contribution is 2.31. The number of ether oxygens (including phenoxy) is 2. The van der Waals surface area contributed by atoms with Gasteiger partial charge in [0, 0.05) is 32.1 Å². The van der Waals surface area contributed by atoms with Gasteiger partial charge < -0.3 is 24.6 Å². The van der Waals surface area contributed by atoms with Crippen LogP contribution in [0.5, 0.6) is 11.5 Å². The van der Waals surface area contributed by atoms with Gasteiger partial charge in [-0.2, -0.15) is 0 Å². The number of hydrogen-bond donors (Lipinski definition) is 1. The van der Waals surface area contributed by atoms with E-state index in [0.717, 1.165) is 23.5 Å². The summed E-state index contributed by atoms with van der Waals surface area (Å²) in [5.41, 5.74) is 2.32. The smallest absolute Gasteiger partial charge is 0.320 e. The van der Waals surface area contributed by atoms with E-state index in [0.29, 0.717) is 32.1 Å². The van der Waals surface area contributed by atoms with Crippen LogP contribution in [-0.4, -0.2) is 66.7 Å². The monoisotopic (exact) mass is 421 g/mol. The Kier molecular flexibility index (Phi) is 5.28. The van der Waals surface area contributed by atoms with Crippen LogP contribution in [0.25, 0.3) is 0 Å². The third kappa shape index (κ3) is 4.10. The molecule has 3 saturated heterocycles. The Bertz CT molecular complexity index is 971. The van der Waals surface area contributed by atoms with E-state index in [4.69, 9.17) is 9.47 Å². The molecule has 0 aliphatic carbocycles. The Morgan fingerprint density at radius 1 is 1.06 bits per heavy atom. The molecule has 0 spiro atoms. The Labute approximate surface area is 181 Å². The van der Waals surface area contributed by atoms with Crippen LogP contribution in [0.2, 0.25) is 0 Å². The molecular weight excluding hydrogens is 394 g/mol. The summed E-state index contributed by atoms with van der Waals surface area (Å²) in [4.78, 5) is 28.2. The van der Waals surface area contributed by atoms with Crippen molar-refractivity contribution in [3.8, 4) is 11.5 Å². The summed E-state index contributed by atoms with van der Waals surface area (Å²) in [7, 11) is 0. The number of morpholine rings is 1. The first-order valence-electron chi connectivity index (χ1n) is 10.8. The van der Waals surface area contributed by atoms with E-state index < -0.39 is 0 Å². The third-order valence-corrected chi connectivity index (χ3v) is 6.42. The highest BCUT2D eigenvalue weighted by molar-refractivity contribution is 5.79. The summed E-state index contributed by atoms with van der Waals surface area (Å²) in [5.74, 6) is 1.91. The maximum atomic E-state index is 12.9. The topological polar surface area (TPSA) is 71.1 Å². The standard InChI is InChI=1S/C24H27N3O4/c1-16-4-2-3-5-21(16)31-19-8-6-17(7-9-19)18-12-27(13-18)24(29)26-11-10-22-20(14-26)25-23(28)15-30-22/h2-9,18,20,22H,10-15H2,1H3,(H,25,28)/t20-,22+/m1/s1. The Morgan fingerprint density at radius 2 is 1.84 bits per heavy atom. The molecule has 3 aliphatic heterocycles. The molecule has 3 heterocycles. The number of amides is 3. The zero-order valence-corrected chi connectivity index (χ0v) is 17.6. The van der Waals surface area contributed by atoms with Crippen LogP contribution in [0, 0.1) is 6.92 Å². The van der Waals surface area contributed by atoms with E-state index in [9.17, 15) is 9.59 Å². The van der Waals surface area contributed by atoms with Gasteiger partial charge in [-0.05, 0) is 42.7 Å². The Balaban J connectivity index is 1.14. The minimum atomic E-state index is -0.102. The van der Waals surface area contributed by atoms with Crippen molar-refractivity contribution in [3.63, 3.8) is 0 Å². The summed E-state index contributed by atoms with van der Waals surface area (Å²) in [6, 6.07) is 16.1. The van der Waals surface area contributed by atoms with Gasteiger partial charge in [0.1, 0.15) is 18.1 Å². The van der Waals surface area contributed by atoms with E-state index in [1.807, 2.05) is 53.1 Å². The molecule has 7 heteroatoms. The number of carbonyl (C=O) groups excluding carboxylic acids is 2. The van der Waals surface area contributed by atoms with Gasteiger partial charge in [0.15, 0.2) is 0 Å². The predicted molar refractivity (Wildman–Crippen MR) is 115 cm³/mol. The van der Waals surface area contributed by atoms with E-state index >= 15 is 0 Å². The van der Waals surface area contributed by atoms with Crippen LogP contribution in [0.3, 0.4) is 0 Å². The number of urea groups is 1. The molecular formula is C24H27N3O4. The molecule has 5 rings (SSSR count).